The lowest BCUT2D eigenvalue weighted by Gasteiger charge is -2.38. The van der Waals surface area contributed by atoms with Crippen LogP contribution >= 0.6 is 11.6 Å². The van der Waals surface area contributed by atoms with E-state index in [9.17, 15) is 0 Å². The Bertz CT molecular complexity index is 1010. The summed E-state index contributed by atoms with van der Waals surface area (Å²) in [5.41, 5.74) is 5.76. The Balaban J connectivity index is 1.58. The van der Waals surface area contributed by atoms with Crippen molar-refractivity contribution in [3.05, 3.63) is 100 Å². The number of hydrazone groups is 1. The van der Waals surface area contributed by atoms with Crippen LogP contribution in [0.4, 0.5) is 0 Å². The molecule has 0 saturated heterocycles. The maximum atomic E-state index is 6.35. The van der Waals surface area contributed by atoms with Gasteiger partial charge in [0.2, 0.25) is 6.23 Å². The van der Waals surface area contributed by atoms with Crippen LogP contribution in [0.1, 0.15) is 40.9 Å². The van der Waals surface area contributed by atoms with Crippen molar-refractivity contribution in [3.8, 4) is 5.75 Å². The van der Waals surface area contributed by atoms with Crippen LogP contribution in [0.25, 0.3) is 0 Å². The van der Waals surface area contributed by atoms with Crippen LogP contribution in [0.2, 0.25) is 5.02 Å². The summed E-state index contributed by atoms with van der Waals surface area (Å²) in [7, 11) is 0. The van der Waals surface area contributed by atoms with Gasteiger partial charge in [-0.2, -0.15) is 5.10 Å². The molecule has 4 heteroatoms. The molecule has 3 aromatic carbocycles. The Morgan fingerprint density at radius 2 is 1.70 bits per heavy atom. The summed E-state index contributed by atoms with van der Waals surface area (Å²) in [4.78, 5) is 0. The maximum absolute atomic E-state index is 6.35. The highest BCUT2D eigenvalue weighted by molar-refractivity contribution is 6.30. The second-order valence-corrected chi connectivity index (χ2v) is 7.51. The fraction of sp³-hybridized carbons (Fsp3) is 0.174. The molecule has 0 unspecified atom stereocenters. The van der Waals surface area contributed by atoms with Crippen LogP contribution in [0.5, 0.6) is 5.75 Å². The van der Waals surface area contributed by atoms with Crippen molar-refractivity contribution in [1.29, 1.82) is 0 Å². The Morgan fingerprint density at radius 1 is 0.963 bits per heavy atom. The Hall–Kier alpha value is -2.78. The molecule has 0 spiro atoms. The van der Waals surface area contributed by atoms with Crippen LogP contribution in [-0.4, -0.2) is 10.7 Å². The number of nitrogens with zero attached hydrogens (tertiary/aromatic N) is 2. The summed E-state index contributed by atoms with van der Waals surface area (Å²) in [6.07, 6.45) is 0.609. The van der Waals surface area contributed by atoms with Crippen LogP contribution in [0.3, 0.4) is 0 Å². The van der Waals surface area contributed by atoms with Gasteiger partial charge in [-0.25, -0.2) is 5.01 Å². The molecule has 0 bridgehead atoms. The topological polar surface area (TPSA) is 24.8 Å². The highest BCUT2D eigenvalue weighted by Gasteiger charge is 2.40. The van der Waals surface area contributed by atoms with Crippen molar-refractivity contribution in [2.24, 2.45) is 5.10 Å². The summed E-state index contributed by atoms with van der Waals surface area (Å²) in [5, 5.41) is 7.80. The van der Waals surface area contributed by atoms with E-state index in [1.54, 1.807) is 0 Å². The van der Waals surface area contributed by atoms with Crippen LogP contribution < -0.4 is 4.74 Å². The van der Waals surface area contributed by atoms with E-state index in [-0.39, 0.29) is 12.3 Å². The first-order valence-electron chi connectivity index (χ1n) is 9.13. The monoisotopic (exact) mass is 374 g/mol. The van der Waals surface area contributed by atoms with Gasteiger partial charge in [-0.15, -0.1) is 0 Å². The molecule has 0 N–H and O–H groups in total. The molecular formula is C23H19ClN2O. The molecule has 27 heavy (non-hydrogen) atoms. The van der Waals surface area contributed by atoms with E-state index >= 15 is 0 Å². The molecule has 3 aromatic rings. The number of benzene rings is 3. The minimum absolute atomic E-state index is 0.173. The van der Waals surface area contributed by atoms with E-state index in [1.807, 2.05) is 36.4 Å². The fourth-order valence-corrected chi connectivity index (χ4v) is 3.93. The smallest absolute Gasteiger partial charge is 0.213 e. The number of rotatable bonds is 2. The molecule has 0 aromatic heterocycles. The number of aryl methyl sites for hydroxylation is 1. The molecule has 0 radical (unpaired) electrons. The minimum Gasteiger partial charge on any atom is -0.464 e. The molecule has 5 rings (SSSR count). The molecule has 2 heterocycles. The average Bonchev–Trinajstić information content (AvgIpc) is 3.14. The molecule has 0 fully saturated rings. The van der Waals surface area contributed by atoms with Crippen molar-refractivity contribution in [2.75, 3.05) is 0 Å². The Labute approximate surface area is 163 Å². The zero-order valence-electron chi connectivity index (χ0n) is 15.0. The fourth-order valence-electron chi connectivity index (χ4n) is 3.80. The van der Waals surface area contributed by atoms with Crippen molar-refractivity contribution >= 4 is 17.3 Å². The number of fused-ring (bicyclic) bond motifs is 3. The predicted molar refractivity (Wildman–Crippen MR) is 108 cm³/mol. The SMILES string of the molecule is Cc1ccc(C2=NN3[C@@H](c4ccc(Cl)cc4)Oc4ccccc4[C@@H]3C2)cc1. The third-order valence-corrected chi connectivity index (χ3v) is 5.49. The van der Waals surface area contributed by atoms with E-state index in [1.165, 1.54) is 16.7 Å². The number of halogens is 1. The molecule has 0 aliphatic carbocycles. The van der Waals surface area contributed by atoms with Gasteiger partial charge in [0.05, 0.1) is 11.8 Å². The first-order chi connectivity index (χ1) is 13.2. The quantitative estimate of drug-likeness (QED) is 0.558. The van der Waals surface area contributed by atoms with Gasteiger partial charge in [0.15, 0.2) is 0 Å². The van der Waals surface area contributed by atoms with Crippen molar-refractivity contribution in [3.63, 3.8) is 0 Å². The lowest BCUT2D eigenvalue weighted by atomic mass is 9.95. The first kappa shape index (κ1) is 16.4. The van der Waals surface area contributed by atoms with E-state index < -0.39 is 0 Å². The Morgan fingerprint density at radius 3 is 2.48 bits per heavy atom. The third-order valence-electron chi connectivity index (χ3n) is 5.24. The van der Waals surface area contributed by atoms with Gasteiger partial charge in [-0.1, -0.05) is 71.8 Å². The van der Waals surface area contributed by atoms with Gasteiger partial charge >= 0.3 is 0 Å². The second-order valence-electron chi connectivity index (χ2n) is 7.07. The zero-order valence-corrected chi connectivity index (χ0v) is 15.7. The first-order valence-corrected chi connectivity index (χ1v) is 9.51. The summed E-state index contributed by atoms with van der Waals surface area (Å²) >= 11 is 6.08. The number of hydrogen-bond donors (Lipinski definition) is 0. The highest BCUT2D eigenvalue weighted by Crippen LogP contribution is 2.47. The Kier molecular flexibility index (Phi) is 3.91. The number of para-hydroxylation sites is 1. The van der Waals surface area contributed by atoms with E-state index in [4.69, 9.17) is 21.4 Å². The van der Waals surface area contributed by atoms with E-state index in [2.05, 4.69) is 48.3 Å². The molecular weight excluding hydrogens is 356 g/mol. The summed E-state index contributed by atoms with van der Waals surface area (Å²) in [5.74, 6) is 0.930. The summed E-state index contributed by atoms with van der Waals surface area (Å²) in [6.45, 7) is 2.10. The van der Waals surface area contributed by atoms with Crippen molar-refractivity contribution in [1.82, 2.24) is 5.01 Å². The van der Waals surface area contributed by atoms with Gasteiger partial charge in [-0.05, 0) is 30.7 Å². The zero-order chi connectivity index (χ0) is 18.4. The highest BCUT2D eigenvalue weighted by atomic mass is 35.5. The minimum atomic E-state index is -0.259. The second kappa shape index (κ2) is 6.43. The predicted octanol–water partition coefficient (Wildman–Crippen LogP) is 5.89. The molecule has 0 amide bonds. The maximum Gasteiger partial charge on any atom is 0.213 e. The van der Waals surface area contributed by atoms with E-state index in [0.29, 0.717) is 0 Å². The van der Waals surface area contributed by atoms with Gasteiger partial charge < -0.3 is 4.74 Å². The lowest BCUT2D eigenvalue weighted by Crippen LogP contribution is -2.33. The van der Waals surface area contributed by atoms with Gasteiger partial charge in [0.25, 0.3) is 0 Å². The molecule has 0 saturated carbocycles. The van der Waals surface area contributed by atoms with Crippen molar-refractivity contribution < 1.29 is 4.74 Å². The third kappa shape index (κ3) is 2.88. The van der Waals surface area contributed by atoms with Crippen LogP contribution in [0, 0.1) is 6.92 Å². The van der Waals surface area contributed by atoms with Gasteiger partial charge in [0, 0.05) is 22.6 Å². The standard InChI is InChI=1S/C23H19ClN2O/c1-15-6-8-16(9-7-15)20-14-21-19-4-2-3-5-22(19)27-23(26(21)25-20)17-10-12-18(24)13-11-17/h2-13,21,23H,14H2,1H3/t21-,23+/m0/s1. The number of ether oxygens (including phenoxy) is 1. The summed E-state index contributed by atoms with van der Waals surface area (Å²) in [6, 6.07) is 24.8. The van der Waals surface area contributed by atoms with Crippen molar-refractivity contribution in [2.45, 2.75) is 25.6 Å². The molecule has 2 aliphatic heterocycles. The average molecular weight is 375 g/mol. The largest absolute Gasteiger partial charge is 0.464 e. The number of hydrogen-bond acceptors (Lipinski definition) is 3. The van der Waals surface area contributed by atoms with Crippen LogP contribution in [0.15, 0.2) is 77.9 Å². The molecule has 2 aliphatic rings. The summed E-state index contributed by atoms with van der Waals surface area (Å²) < 4.78 is 6.35. The molecule has 3 nitrogen and oxygen atoms in total. The van der Waals surface area contributed by atoms with E-state index in [0.717, 1.165) is 28.5 Å². The normalized spacial score (nSPS) is 20.5. The van der Waals surface area contributed by atoms with Crippen LogP contribution in [-0.2, 0) is 0 Å². The molecule has 2 atom stereocenters. The van der Waals surface area contributed by atoms with Gasteiger partial charge in [-0.3, -0.25) is 0 Å². The van der Waals surface area contributed by atoms with Gasteiger partial charge in [0.1, 0.15) is 5.75 Å². The lowest BCUT2D eigenvalue weighted by molar-refractivity contribution is -0.0190. The molecule has 134 valence electrons.